The van der Waals surface area contributed by atoms with Crippen LogP contribution in [0.2, 0.25) is 0 Å². The van der Waals surface area contributed by atoms with Gasteiger partial charge in [-0.25, -0.2) is 18.4 Å². The van der Waals surface area contributed by atoms with Gasteiger partial charge >= 0.3 is 0 Å². The molecular formula is C22H25N9O2S2. The van der Waals surface area contributed by atoms with Crippen LogP contribution in [0.15, 0.2) is 35.1 Å². The van der Waals surface area contributed by atoms with Gasteiger partial charge in [0.05, 0.1) is 5.39 Å². The van der Waals surface area contributed by atoms with E-state index in [2.05, 4.69) is 30.7 Å². The fraction of sp³-hybridized carbons (Fsp3) is 0.455. The van der Waals surface area contributed by atoms with Crippen LogP contribution in [0.1, 0.15) is 31.4 Å². The van der Waals surface area contributed by atoms with Crippen LogP contribution in [0.25, 0.3) is 10.2 Å². The van der Waals surface area contributed by atoms with Crippen molar-refractivity contribution in [2.45, 2.75) is 60.8 Å². The number of aromatic nitrogens is 6. The second kappa shape index (κ2) is 7.24. The van der Waals surface area contributed by atoms with E-state index in [9.17, 15) is 8.42 Å². The van der Waals surface area contributed by atoms with Gasteiger partial charge in [0.25, 0.3) is 0 Å². The van der Waals surface area contributed by atoms with Gasteiger partial charge in [-0.15, -0.1) is 11.3 Å². The lowest BCUT2D eigenvalue weighted by Crippen LogP contribution is -2.83. The minimum absolute atomic E-state index is 0.166. The van der Waals surface area contributed by atoms with Gasteiger partial charge in [-0.1, -0.05) is 0 Å². The number of aromatic amines is 1. The molecule has 0 bridgehead atoms. The van der Waals surface area contributed by atoms with Crippen LogP contribution < -0.4 is 10.6 Å². The third kappa shape index (κ3) is 3.01. The summed E-state index contributed by atoms with van der Waals surface area (Å²) in [5, 5.41) is 17.2. The SMILES string of the molecule is Cc1cc(Nc2nc(N[C@H]3C[C@@H]4CC5(S(=O)(=O)c6nccn6C)C[C@H](C3)N45)nc3sccc23)n[nH]1. The smallest absolute Gasteiger partial charge is 0.230 e. The molecule has 3 aliphatic rings. The third-order valence-corrected chi connectivity index (χ3v) is 10.8. The minimum atomic E-state index is -3.50. The summed E-state index contributed by atoms with van der Waals surface area (Å²) < 4.78 is 28.4. The summed E-state index contributed by atoms with van der Waals surface area (Å²) in [7, 11) is -1.77. The summed E-state index contributed by atoms with van der Waals surface area (Å²) in [6.45, 7) is 1.95. The maximum atomic E-state index is 13.4. The van der Waals surface area contributed by atoms with Gasteiger partial charge in [0.2, 0.25) is 20.9 Å². The van der Waals surface area contributed by atoms with E-state index < -0.39 is 14.7 Å². The van der Waals surface area contributed by atoms with Gasteiger partial charge in [-0.3, -0.25) is 10.00 Å². The number of nitrogens with one attached hydrogen (secondary N) is 3. The fourth-order valence-corrected chi connectivity index (χ4v) is 9.31. The molecule has 3 N–H and O–H groups in total. The molecule has 4 atom stereocenters. The number of piperidine rings is 2. The standard InChI is InChI=1S/C22H25N9O2S2/c1-12-7-17(29-28-12)25-18-16-3-6-34-19(16)27-20(26-18)24-13-8-14-10-22(11-15(9-13)31(14)22)35(32,33)21-23-4-5-30(21)2/h3-7,13-15H,8-11H2,1-2H3,(H3,24,25,26,27,28,29)/t13-,14+,15-,22?. The first-order chi connectivity index (χ1) is 16.8. The number of aryl methyl sites for hydroxylation is 2. The monoisotopic (exact) mass is 511 g/mol. The molecule has 1 unspecified atom stereocenters. The van der Waals surface area contributed by atoms with Crippen LogP contribution in [-0.2, 0) is 16.9 Å². The van der Waals surface area contributed by atoms with Crippen LogP contribution in [0.5, 0.6) is 0 Å². The molecule has 0 radical (unpaired) electrons. The Labute approximate surface area is 205 Å². The van der Waals surface area contributed by atoms with Gasteiger partial charge < -0.3 is 15.2 Å². The Morgan fingerprint density at radius 3 is 2.71 bits per heavy atom. The highest BCUT2D eigenvalue weighted by Crippen LogP contribution is 2.60. The maximum absolute atomic E-state index is 13.4. The summed E-state index contributed by atoms with van der Waals surface area (Å²) in [6.07, 6.45) is 6.25. The zero-order valence-corrected chi connectivity index (χ0v) is 20.9. The molecule has 4 aromatic rings. The highest BCUT2D eigenvalue weighted by atomic mass is 32.2. The van der Waals surface area contributed by atoms with Crippen molar-refractivity contribution in [1.82, 2.24) is 34.6 Å². The second-order valence-corrected chi connectivity index (χ2v) is 12.8. The molecule has 0 amide bonds. The molecule has 35 heavy (non-hydrogen) atoms. The molecule has 3 saturated heterocycles. The lowest BCUT2D eigenvalue weighted by Gasteiger charge is -2.71. The summed E-state index contributed by atoms with van der Waals surface area (Å²) in [6, 6.07) is 4.61. The zero-order chi connectivity index (χ0) is 23.9. The van der Waals surface area contributed by atoms with Gasteiger partial charge in [0, 0.05) is 49.3 Å². The number of nitrogens with zero attached hydrogens (tertiary/aromatic N) is 6. The van der Waals surface area contributed by atoms with Gasteiger partial charge in [-0.2, -0.15) is 10.1 Å². The molecule has 7 rings (SSSR count). The van der Waals surface area contributed by atoms with Crippen molar-refractivity contribution < 1.29 is 8.42 Å². The number of sulfone groups is 1. The molecule has 11 nitrogen and oxygen atoms in total. The Morgan fingerprint density at radius 1 is 1.23 bits per heavy atom. The quantitative estimate of drug-likeness (QED) is 0.357. The van der Waals surface area contributed by atoms with E-state index in [0.29, 0.717) is 24.6 Å². The number of fused-ring (bicyclic) bond motifs is 1. The van der Waals surface area contributed by atoms with E-state index >= 15 is 0 Å². The fourth-order valence-electron chi connectivity index (χ4n) is 6.17. The molecule has 3 fully saturated rings. The Morgan fingerprint density at radius 2 is 2.03 bits per heavy atom. The molecule has 0 aliphatic carbocycles. The molecule has 0 saturated carbocycles. The van der Waals surface area contributed by atoms with E-state index in [0.717, 1.165) is 34.6 Å². The van der Waals surface area contributed by atoms with Crippen molar-refractivity contribution in [3.8, 4) is 0 Å². The van der Waals surface area contributed by atoms with Crippen LogP contribution in [0.4, 0.5) is 17.6 Å². The molecule has 7 heterocycles. The average Bonchev–Trinajstić information content (AvgIpc) is 3.51. The molecule has 0 spiro atoms. The Hall–Kier alpha value is -3.03. The number of H-pyrrole nitrogens is 1. The van der Waals surface area contributed by atoms with Crippen molar-refractivity contribution in [2.75, 3.05) is 10.6 Å². The Kier molecular flexibility index (Phi) is 4.40. The summed E-state index contributed by atoms with van der Waals surface area (Å²) in [5.41, 5.74) is 0.968. The highest BCUT2D eigenvalue weighted by Gasteiger charge is 2.72. The summed E-state index contributed by atoms with van der Waals surface area (Å²) in [5.74, 6) is 2.01. The first-order valence-electron chi connectivity index (χ1n) is 11.7. The number of anilines is 3. The Balaban J connectivity index is 1.10. The van der Waals surface area contributed by atoms with Crippen molar-refractivity contribution in [2.24, 2.45) is 7.05 Å². The first kappa shape index (κ1) is 21.3. The largest absolute Gasteiger partial charge is 0.351 e. The molecular weight excluding hydrogens is 486 g/mol. The predicted octanol–water partition coefficient (Wildman–Crippen LogP) is 2.79. The summed E-state index contributed by atoms with van der Waals surface area (Å²) >= 11 is 1.57. The second-order valence-electron chi connectivity index (χ2n) is 9.80. The van der Waals surface area contributed by atoms with Crippen LogP contribution in [0, 0.1) is 6.92 Å². The van der Waals surface area contributed by atoms with E-state index in [4.69, 9.17) is 9.97 Å². The van der Waals surface area contributed by atoms with E-state index in [1.54, 1.807) is 35.3 Å². The van der Waals surface area contributed by atoms with Gasteiger partial charge in [-0.05, 0) is 44.1 Å². The number of imidazole rings is 1. The van der Waals surface area contributed by atoms with Crippen molar-refractivity contribution in [3.05, 3.63) is 35.6 Å². The maximum Gasteiger partial charge on any atom is 0.230 e. The molecule has 0 aromatic carbocycles. The van der Waals surface area contributed by atoms with Crippen LogP contribution in [0.3, 0.4) is 0 Å². The molecule has 13 heteroatoms. The van der Waals surface area contributed by atoms with Gasteiger partial charge in [0.1, 0.15) is 15.5 Å². The van der Waals surface area contributed by atoms with Crippen molar-refractivity contribution >= 4 is 49.0 Å². The van der Waals surface area contributed by atoms with Crippen LogP contribution >= 0.6 is 11.3 Å². The topological polar surface area (TPSA) is 134 Å². The highest BCUT2D eigenvalue weighted by molar-refractivity contribution is 7.92. The average molecular weight is 512 g/mol. The Bertz CT molecular complexity index is 1540. The number of thiophene rings is 1. The van der Waals surface area contributed by atoms with E-state index in [1.807, 2.05) is 24.4 Å². The normalized spacial score (nSPS) is 27.8. The van der Waals surface area contributed by atoms with Gasteiger partial charge in [0.15, 0.2) is 5.82 Å². The lowest BCUT2D eigenvalue weighted by molar-refractivity contribution is -0.173. The number of hydrogen-bond donors (Lipinski definition) is 3. The van der Waals surface area contributed by atoms with Crippen molar-refractivity contribution in [1.29, 1.82) is 0 Å². The van der Waals surface area contributed by atoms with Crippen LogP contribution in [-0.4, -0.2) is 66.0 Å². The number of rotatable bonds is 6. The van der Waals surface area contributed by atoms with E-state index in [1.165, 1.54) is 0 Å². The minimum Gasteiger partial charge on any atom is -0.351 e. The summed E-state index contributed by atoms with van der Waals surface area (Å²) in [4.78, 5) is 16.0. The molecule has 3 aliphatic heterocycles. The third-order valence-electron chi connectivity index (χ3n) is 7.61. The number of hydrogen-bond acceptors (Lipinski definition) is 10. The lowest BCUT2D eigenvalue weighted by atomic mass is 9.68. The molecule has 4 aromatic heterocycles. The molecule has 182 valence electrons. The zero-order valence-electron chi connectivity index (χ0n) is 19.3. The first-order valence-corrected chi connectivity index (χ1v) is 14.0. The predicted molar refractivity (Wildman–Crippen MR) is 132 cm³/mol. The van der Waals surface area contributed by atoms with E-state index in [-0.39, 0.29) is 23.3 Å². The van der Waals surface area contributed by atoms with Crippen molar-refractivity contribution in [3.63, 3.8) is 0 Å².